The molecule has 1 heterocycles. The summed E-state index contributed by atoms with van der Waals surface area (Å²) >= 11 is 5.87. The monoisotopic (exact) mass is 384 g/mol. The summed E-state index contributed by atoms with van der Waals surface area (Å²) in [4.78, 5) is 24.0. The van der Waals surface area contributed by atoms with E-state index in [0.717, 1.165) is 5.56 Å². The molecule has 2 rings (SSSR count). The first-order valence-corrected chi connectivity index (χ1v) is 10.2. The predicted molar refractivity (Wildman–Crippen MR) is 97.9 cm³/mol. The summed E-state index contributed by atoms with van der Waals surface area (Å²) in [6.45, 7) is 1.58. The molecule has 1 aromatic rings. The van der Waals surface area contributed by atoms with Crippen molar-refractivity contribution in [2.75, 3.05) is 11.5 Å². The Kier molecular flexibility index (Phi) is 6.61. The zero-order valence-electron chi connectivity index (χ0n) is 13.9. The fourth-order valence-electron chi connectivity index (χ4n) is 2.47. The van der Waals surface area contributed by atoms with Crippen molar-refractivity contribution >= 4 is 39.3 Å². The van der Waals surface area contributed by atoms with Gasteiger partial charge in [-0.2, -0.15) is 0 Å². The fourth-order valence-corrected chi connectivity index (χ4v) is 4.16. The van der Waals surface area contributed by atoms with Gasteiger partial charge in [-0.25, -0.2) is 8.42 Å². The molecule has 0 bridgehead atoms. The van der Waals surface area contributed by atoms with E-state index < -0.39 is 21.8 Å². The molecular weight excluding hydrogens is 364 g/mol. The third kappa shape index (κ3) is 6.51. The molecule has 1 aliphatic heterocycles. The van der Waals surface area contributed by atoms with Crippen LogP contribution in [0, 0.1) is 0 Å². The lowest BCUT2D eigenvalue weighted by atomic mass is 10.1. The average Bonchev–Trinajstić information content (AvgIpc) is 2.55. The van der Waals surface area contributed by atoms with E-state index in [1.807, 2.05) is 6.07 Å². The van der Waals surface area contributed by atoms with Gasteiger partial charge in [0, 0.05) is 17.1 Å². The maximum Gasteiger partial charge on any atom is 0.244 e. The zero-order valence-corrected chi connectivity index (χ0v) is 15.4. The second-order valence-electron chi connectivity index (χ2n) is 6.05. The van der Waals surface area contributed by atoms with Gasteiger partial charge < -0.3 is 10.6 Å². The van der Waals surface area contributed by atoms with Crippen LogP contribution < -0.4 is 10.6 Å². The van der Waals surface area contributed by atoms with Crippen molar-refractivity contribution in [3.05, 3.63) is 40.9 Å². The number of amides is 2. The summed E-state index contributed by atoms with van der Waals surface area (Å²) in [5, 5.41) is 5.94. The van der Waals surface area contributed by atoms with Gasteiger partial charge in [0.1, 0.15) is 15.9 Å². The van der Waals surface area contributed by atoms with E-state index in [4.69, 9.17) is 11.6 Å². The number of halogens is 1. The minimum atomic E-state index is -2.97. The lowest BCUT2D eigenvalue weighted by Gasteiger charge is -2.24. The molecule has 0 aliphatic carbocycles. The molecule has 0 spiro atoms. The highest BCUT2D eigenvalue weighted by Gasteiger charge is 2.26. The van der Waals surface area contributed by atoms with Gasteiger partial charge in [-0.15, -0.1) is 0 Å². The Hall–Kier alpha value is -1.86. The van der Waals surface area contributed by atoms with Crippen LogP contribution in [0.4, 0.5) is 0 Å². The number of carbonyl (C=O) groups is 2. The second-order valence-corrected chi connectivity index (χ2v) is 8.79. The third-order valence-electron chi connectivity index (χ3n) is 3.93. The lowest BCUT2D eigenvalue weighted by Crippen LogP contribution is -2.49. The molecule has 0 aromatic heterocycles. The van der Waals surface area contributed by atoms with Crippen molar-refractivity contribution in [3.63, 3.8) is 0 Å². The number of rotatable bonds is 5. The molecule has 1 atom stereocenters. The van der Waals surface area contributed by atoms with E-state index in [-0.39, 0.29) is 23.5 Å². The van der Waals surface area contributed by atoms with Crippen molar-refractivity contribution in [1.29, 1.82) is 0 Å². The minimum Gasteiger partial charge on any atom is -0.352 e. The topological polar surface area (TPSA) is 92.3 Å². The number of carbonyl (C=O) groups excluding carboxylic acids is 2. The number of sulfone groups is 1. The van der Waals surface area contributed by atoms with E-state index in [1.54, 1.807) is 31.2 Å². The maximum absolute atomic E-state index is 12.1. The minimum absolute atomic E-state index is 0.0844. The molecule has 1 aromatic carbocycles. The van der Waals surface area contributed by atoms with Gasteiger partial charge in [-0.3, -0.25) is 9.59 Å². The second kappa shape index (κ2) is 8.49. The summed E-state index contributed by atoms with van der Waals surface area (Å²) in [6.07, 6.45) is 3.76. The normalized spacial score (nSPS) is 18.6. The molecule has 2 N–H and O–H groups in total. The number of hydrogen-bond donors (Lipinski definition) is 2. The molecule has 136 valence electrons. The Labute approximate surface area is 152 Å². The average molecular weight is 385 g/mol. The van der Waals surface area contributed by atoms with Gasteiger partial charge in [0.25, 0.3) is 0 Å². The first kappa shape index (κ1) is 19.5. The molecular formula is C17H21ClN2O4S. The van der Waals surface area contributed by atoms with Crippen LogP contribution in [-0.2, 0) is 19.4 Å². The summed E-state index contributed by atoms with van der Waals surface area (Å²) in [5.41, 5.74) is 0.781. The molecule has 25 heavy (non-hydrogen) atoms. The van der Waals surface area contributed by atoms with Crippen LogP contribution in [0.5, 0.6) is 0 Å². The Balaban J connectivity index is 1.81. The molecule has 6 nitrogen and oxygen atoms in total. The summed E-state index contributed by atoms with van der Waals surface area (Å²) in [7, 11) is -2.97. The van der Waals surface area contributed by atoms with Crippen LogP contribution in [0.15, 0.2) is 30.3 Å². The molecule has 0 saturated carbocycles. The first-order chi connectivity index (χ1) is 11.7. The number of nitrogens with one attached hydrogen (secondary N) is 2. The largest absolute Gasteiger partial charge is 0.352 e. The number of hydrogen-bond acceptors (Lipinski definition) is 4. The van der Waals surface area contributed by atoms with Crippen molar-refractivity contribution < 1.29 is 18.0 Å². The summed E-state index contributed by atoms with van der Waals surface area (Å²) in [5.74, 6) is -0.551. The van der Waals surface area contributed by atoms with Crippen molar-refractivity contribution in [3.8, 4) is 0 Å². The van der Waals surface area contributed by atoms with Crippen molar-refractivity contribution in [2.45, 2.75) is 31.8 Å². The van der Waals surface area contributed by atoms with Gasteiger partial charge in [-0.05, 0) is 43.5 Å². The molecule has 0 radical (unpaired) electrons. The molecule has 2 amide bonds. The molecule has 1 saturated heterocycles. The van der Waals surface area contributed by atoms with Gasteiger partial charge in [-0.1, -0.05) is 23.7 Å². The Bertz CT molecular complexity index is 763. The van der Waals surface area contributed by atoms with E-state index in [2.05, 4.69) is 10.6 Å². The maximum atomic E-state index is 12.1. The number of benzene rings is 1. The standard InChI is InChI=1S/C17H21ClN2O4S/c1-12(17(22)20-15-7-9-25(23,24)10-8-15)19-16(21)6-5-13-3-2-4-14(18)11-13/h2-6,11-12,15H,7-10H2,1H3,(H,19,21)(H,20,22). The predicted octanol–water partition coefficient (Wildman–Crippen LogP) is 1.55. The summed E-state index contributed by atoms with van der Waals surface area (Å²) < 4.78 is 22.8. The lowest BCUT2D eigenvalue weighted by molar-refractivity contribution is -0.127. The van der Waals surface area contributed by atoms with Crippen LogP contribution in [0.2, 0.25) is 5.02 Å². The highest BCUT2D eigenvalue weighted by Crippen LogP contribution is 2.13. The quantitative estimate of drug-likeness (QED) is 0.753. The van der Waals surface area contributed by atoms with Crippen molar-refractivity contribution in [1.82, 2.24) is 10.6 Å². The van der Waals surface area contributed by atoms with Crippen LogP contribution in [0.3, 0.4) is 0 Å². The highest BCUT2D eigenvalue weighted by atomic mass is 35.5. The van der Waals surface area contributed by atoms with Crippen LogP contribution in [-0.4, -0.2) is 43.8 Å². The van der Waals surface area contributed by atoms with E-state index in [9.17, 15) is 18.0 Å². The Morgan fingerprint density at radius 1 is 1.28 bits per heavy atom. The molecule has 1 unspecified atom stereocenters. The Morgan fingerprint density at radius 2 is 1.96 bits per heavy atom. The van der Waals surface area contributed by atoms with Gasteiger partial charge in [0.15, 0.2) is 0 Å². The smallest absolute Gasteiger partial charge is 0.244 e. The van der Waals surface area contributed by atoms with Gasteiger partial charge in [0.05, 0.1) is 11.5 Å². The SMILES string of the molecule is CC(NC(=O)C=Cc1cccc(Cl)c1)C(=O)NC1CCS(=O)(=O)CC1. The molecule has 8 heteroatoms. The van der Waals surface area contributed by atoms with E-state index in [0.29, 0.717) is 17.9 Å². The third-order valence-corrected chi connectivity index (χ3v) is 5.88. The first-order valence-electron chi connectivity index (χ1n) is 8.00. The highest BCUT2D eigenvalue weighted by molar-refractivity contribution is 7.91. The molecule has 1 aliphatic rings. The van der Waals surface area contributed by atoms with Crippen LogP contribution in [0.1, 0.15) is 25.3 Å². The van der Waals surface area contributed by atoms with Gasteiger partial charge in [0.2, 0.25) is 11.8 Å². The summed E-state index contributed by atoms with van der Waals surface area (Å²) in [6, 6.07) is 6.16. The van der Waals surface area contributed by atoms with Crippen molar-refractivity contribution in [2.24, 2.45) is 0 Å². The molecule has 1 fully saturated rings. The zero-order chi connectivity index (χ0) is 18.4. The van der Waals surface area contributed by atoms with E-state index >= 15 is 0 Å². The van der Waals surface area contributed by atoms with Crippen LogP contribution >= 0.6 is 11.6 Å². The van der Waals surface area contributed by atoms with Gasteiger partial charge >= 0.3 is 0 Å². The Morgan fingerprint density at radius 3 is 2.60 bits per heavy atom. The van der Waals surface area contributed by atoms with E-state index in [1.165, 1.54) is 6.08 Å². The van der Waals surface area contributed by atoms with Crippen LogP contribution in [0.25, 0.3) is 6.08 Å². The fraction of sp³-hybridized carbons (Fsp3) is 0.412.